The zero-order valence-corrected chi connectivity index (χ0v) is 14.1. The molecule has 0 radical (unpaired) electrons. The summed E-state index contributed by atoms with van der Waals surface area (Å²) in [6.45, 7) is 2.17. The molecule has 1 aliphatic rings. The van der Waals surface area contributed by atoms with E-state index in [-0.39, 0.29) is 18.6 Å². The summed E-state index contributed by atoms with van der Waals surface area (Å²) in [5.41, 5.74) is 0. The lowest BCUT2D eigenvalue weighted by atomic mass is 10.0. The monoisotopic (exact) mass is 316 g/mol. The van der Waals surface area contributed by atoms with Crippen molar-refractivity contribution in [1.29, 1.82) is 0 Å². The summed E-state index contributed by atoms with van der Waals surface area (Å²) >= 11 is 0. The molecule has 130 valence electrons. The van der Waals surface area contributed by atoms with Crippen molar-refractivity contribution < 1.29 is 19.0 Å². The molecule has 0 aliphatic carbocycles. The lowest BCUT2D eigenvalue weighted by molar-refractivity contribution is -0.137. The summed E-state index contributed by atoms with van der Waals surface area (Å²) in [7, 11) is 0. The molecule has 0 aromatic heterocycles. The number of halogens is 1. The number of hydrogen-bond acceptors (Lipinski definition) is 2. The van der Waals surface area contributed by atoms with Gasteiger partial charge in [-0.2, -0.15) is 0 Å². The number of hydrogen-bond donors (Lipinski definition) is 1. The molecular formula is C18H33FO3. The van der Waals surface area contributed by atoms with E-state index in [0.717, 1.165) is 51.4 Å². The fourth-order valence-corrected chi connectivity index (χ4v) is 2.96. The maximum absolute atomic E-state index is 13.8. The molecule has 1 N–H and O–H groups in total. The van der Waals surface area contributed by atoms with Crippen molar-refractivity contribution in [3.63, 3.8) is 0 Å². The van der Waals surface area contributed by atoms with Crippen molar-refractivity contribution in [2.75, 3.05) is 0 Å². The van der Waals surface area contributed by atoms with Gasteiger partial charge in [-0.3, -0.25) is 4.79 Å². The second kappa shape index (κ2) is 11.9. The second-order valence-corrected chi connectivity index (χ2v) is 6.60. The molecule has 1 fully saturated rings. The lowest BCUT2D eigenvalue weighted by Crippen LogP contribution is -2.06. The van der Waals surface area contributed by atoms with E-state index in [1.54, 1.807) is 0 Å². The molecule has 0 bridgehead atoms. The van der Waals surface area contributed by atoms with Crippen molar-refractivity contribution in [2.45, 2.75) is 109 Å². The Bertz CT molecular complexity index is 296. The minimum atomic E-state index is -0.704. The predicted molar refractivity (Wildman–Crippen MR) is 86.9 cm³/mol. The van der Waals surface area contributed by atoms with Gasteiger partial charge in [0.1, 0.15) is 6.17 Å². The number of epoxide rings is 1. The molecule has 1 saturated heterocycles. The zero-order chi connectivity index (χ0) is 16.2. The van der Waals surface area contributed by atoms with Crippen LogP contribution in [0, 0.1) is 0 Å². The third-order valence-electron chi connectivity index (χ3n) is 4.43. The summed E-state index contributed by atoms with van der Waals surface area (Å²) in [4.78, 5) is 10.4. The first-order valence-corrected chi connectivity index (χ1v) is 9.14. The molecule has 3 atom stereocenters. The summed E-state index contributed by atoms with van der Waals surface area (Å²) in [6, 6.07) is 0. The number of alkyl halides is 1. The topological polar surface area (TPSA) is 49.8 Å². The quantitative estimate of drug-likeness (QED) is 0.331. The van der Waals surface area contributed by atoms with Crippen molar-refractivity contribution in [3.05, 3.63) is 0 Å². The maximum atomic E-state index is 13.8. The van der Waals surface area contributed by atoms with Crippen LogP contribution in [-0.4, -0.2) is 29.5 Å². The van der Waals surface area contributed by atoms with Gasteiger partial charge in [-0.05, 0) is 19.3 Å². The van der Waals surface area contributed by atoms with E-state index in [2.05, 4.69) is 6.92 Å². The van der Waals surface area contributed by atoms with Gasteiger partial charge in [0.05, 0.1) is 12.2 Å². The van der Waals surface area contributed by atoms with Crippen LogP contribution in [0.5, 0.6) is 0 Å². The van der Waals surface area contributed by atoms with Crippen molar-refractivity contribution in [3.8, 4) is 0 Å². The highest BCUT2D eigenvalue weighted by Crippen LogP contribution is 2.32. The Labute approximate surface area is 134 Å². The fraction of sp³-hybridized carbons (Fsp3) is 0.944. The summed E-state index contributed by atoms with van der Waals surface area (Å²) in [5, 5.41) is 8.53. The van der Waals surface area contributed by atoms with Gasteiger partial charge in [0.2, 0.25) is 0 Å². The average molecular weight is 316 g/mol. The van der Waals surface area contributed by atoms with Gasteiger partial charge >= 0.3 is 5.97 Å². The number of ether oxygens (including phenoxy) is 1. The van der Waals surface area contributed by atoms with Crippen LogP contribution in [0.2, 0.25) is 0 Å². The molecule has 0 amide bonds. The number of carbonyl (C=O) groups is 1. The molecule has 0 aromatic rings. The first kappa shape index (κ1) is 19.4. The van der Waals surface area contributed by atoms with Crippen LogP contribution in [-0.2, 0) is 9.53 Å². The largest absolute Gasteiger partial charge is 0.481 e. The molecule has 3 unspecified atom stereocenters. The van der Waals surface area contributed by atoms with Crippen LogP contribution in [0.4, 0.5) is 4.39 Å². The third kappa shape index (κ3) is 10.1. The molecule has 22 heavy (non-hydrogen) atoms. The first-order valence-electron chi connectivity index (χ1n) is 9.14. The number of rotatable bonds is 15. The van der Waals surface area contributed by atoms with Crippen LogP contribution in [0.3, 0.4) is 0 Å². The zero-order valence-electron chi connectivity index (χ0n) is 14.1. The third-order valence-corrected chi connectivity index (χ3v) is 4.43. The molecule has 1 aliphatic heterocycles. The predicted octanol–water partition coefficient (Wildman–Crippen LogP) is 5.27. The molecule has 0 aromatic carbocycles. The Kier molecular flexibility index (Phi) is 10.5. The molecule has 3 nitrogen and oxygen atoms in total. The Morgan fingerprint density at radius 2 is 1.73 bits per heavy atom. The van der Waals surface area contributed by atoms with Gasteiger partial charge in [-0.25, -0.2) is 4.39 Å². The number of unbranched alkanes of at least 4 members (excludes halogenated alkanes) is 7. The van der Waals surface area contributed by atoms with E-state index in [1.165, 1.54) is 12.8 Å². The van der Waals surface area contributed by atoms with Gasteiger partial charge in [0.15, 0.2) is 0 Å². The lowest BCUT2D eigenvalue weighted by Gasteiger charge is -2.05. The number of aliphatic carboxylic acids is 1. The van der Waals surface area contributed by atoms with Crippen LogP contribution in [0.15, 0.2) is 0 Å². The summed E-state index contributed by atoms with van der Waals surface area (Å²) < 4.78 is 19.3. The van der Waals surface area contributed by atoms with Gasteiger partial charge in [0.25, 0.3) is 0 Å². The standard InChI is InChI=1S/C18H33FO3/c1-2-3-4-8-11-15(19)14-17-16(22-17)12-9-6-5-7-10-13-18(20)21/h15-17H,2-14H2,1H3,(H,20,21). The first-order chi connectivity index (χ1) is 10.6. The highest BCUT2D eigenvalue weighted by molar-refractivity contribution is 5.66. The van der Waals surface area contributed by atoms with E-state index in [0.29, 0.717) is 12.8 Å². The molecule has 0 spiro atoms. The second-order valence-electron chi connectivity index (χ2n) is 6.60. The van der Waals surface area contributed by atoms with E-state index in [9.17, 15) is 9.18 Å². The van der Waals surface area contributed by atoms with Gasteiger partial charge < -0.3 is 9.84 Å². The van der Waals surface area contributed by atoms with Gasteiger partial charge in [-0.15, -0.1) is 0 Å². The summed E-state index contributed by atoms with van der Waals surface area (Å²) in [6.07, 6.45) is 12.0. The van der Waals surface area contributed by atoms with Crippen molar-refractivity contribution in [1.82, 2.24) is 0 Å². The van der Waals surface area contributed by atoms with E-state index < -0.39 is 12.1 Å². The van der Waals surface area contributed by atoms with Crippen molar-refractivity contribution in [2.24, 2.45) is 0 Å². The average Bonchev–Trinajstić information content (AvgIpc) is 3.20. The van der Waals surface area contributed by atoms with Crippen LogP contribution >= 0.6 is 0 Å². The van der Waals surface area contributed by atoms with Crippen LogP contribution < -0.4 is 0 Å². The van der Waals surface area contributed by atoms with E-state index in [4.69, 9.17) is 9.84 Å². The van der Waals surface area contributed by atoms with Gasteiger partial charge in [-0.1, -0.05) is 58.3 Å². The van der Waals surface area contributed by atoms with E-state index in [1.807, 2.05) is 0 Å². The highest BCUT2D eigenvalue weighted by Gasteiger charge is 2.39. The fourth-order valence-electron chi connectivity index (χ4n) is 2.96. The highest BCUT2D eigenvalue weighted by atomic mass is 19.1. The minimum absolute atomic E-state index is 0.160. The molecule has 1 heterocycles. The molecule has 1 rings (SSSR count). The maximum Gasteiger partial charge on any atom is 0.303 e. The smallest absolute Gasteiger partial charge is 0.303 e. The van der Waals surface area contributed by atoms with Gasteiger partial charge in [0, 0.05) is 12.8 Å². The normalized spacial score (nSPS) is 21.7. The molecule has 4 heteroatoms. The Morgan fingerprint density at radius 3 is 2.45 bits per heavy atom. The Hall–Kier alpha value is -0.640. The van der Waals surface area contributed by atoms with Crippen molar-refractivity contribution >= 4 is 5.97 Å². The molecule has 0 saturated carbocycles. The van der Waals surface area contributed by atoms with Crippen LogP contribution in [0.25, 0.3) is 0 Å². The SMILES string of the molecule is CCCCCCC(F)CC1OC1CCCCCCCC(=O)O. The minimum Gasteiger partial charge on any atom is -0.481 e. The van der Waals surface area contributed by atoms with Crippen LogP contribution in [0.1, 0.15) is 90.4 Å². The Balaban J connectivity index is 1.86. The number of carboxylic acid groups (broad SMARTS) is 1. The molecular weight excluding hydrogens is 283 g/mol. The van der Waals surface area contributed by atoms with E-state index >= 15 is 0 Å². The Morgan fingerprint density at radius 1 is 1.05 bits per heavy atom. The summed E-state index contributed by atoms with van der Waals surface area (Å²) in [5.74, 6) is -0.704. The number of carboxylic acids is 1.